The smallest absolute Gasteiger partial charge is 1.00 e. The van der Waals surface area contributed by atoms with Crippen LogP contribution in [0.25, 0.3) is 0 Å². The Morgan fingerprint density at radius 2 is 0.214 bits per heavy atom. The maximum Gasteiger partial charge on any atom is 1.00 e. The number of hydrogen-bond acceptors (Lipinski definition) is 16. The summed E-state index contributed by atoms with van der Waals surface area (Å²) in [6, 6.07) is 0. The fourth-order valence-electron chi connectivity index (χ4n) is 1.49. The van der Waals surface area contributed by atoms with Crippen molar-refractivity contribution in [1.29, 1.82) is 0 Å². The molecule has 0 atom stereocenters. The molecule has 40 heteroatoms. The Morgan fingerprint density at radius 3 is 0.250 bits per heavy atom. The molecule has 0 aromatic heterocycles. The molecule has 0 amide bonds. The molecule has 0 spiro atoms. The zero-order valence-corrected chi connectivity index (χ0v) is 63.9. The second-order valence-electron chi connectivity index (χ2n) is 13.6. The van der Waals surface area contributed by atoms with Crippen molar-refractivity contribution in [1.82, 2.24) is 0 Å². The van der Waals surface area contributed by atoms with E-state index < -0.39 is 211 Å². The first-order chi connectivity index (χ1) is 24.0. The predicted molar refractivity (Wildman–Crippen MR) is 255 cm³/mol. The maximum atomic E-state index is 5.10. The third kappa shape index (κ3) is 145. The summed E-state index contributed by atoms with van der Waals surface area (Å²) in [6.07, 6.45) is 0. The Morgan fingerprint density at radius 1 is 0.179 bits per heavy atom. The molecule has 4 heterocycles. The quantitative estimate of drug-likeness (QED) is 0.204. The van der Waals surface area contributed by atoms with Crippen molar-refractivity contribution in [2.24, 2.45) is 0 Å². The fraction of sp³-hybridized carbons (Fsp3) is 1.00. The molecule has 0 aromatic rings. The van der Waals surface area contributed by atoms with Gasteiger partial charge in [0.05, 0.1) is 0 Å². The molecule has 0 radical (unpaired) electrons. The van der Waals surface area contributed by atoms with Crippen LogP contribution in [-0.2, 0) is 139 Å². The van der Waals surface area contributed by atoms with Crippen LogP contribution in [0.3, 0.4) is 0 Å². The van der Waals surface area contributed by atoms with Crippen LogP contribution in [0, 0.1) is 0 Å². The number of hydrogen-bond donors (Lipinski definition) is 0. The van der Waals surface area contributed by atoms with Crippen molar-refractivity contribution in [2.45, 2.75) is 93.2 Å². The van der Waals surface area contributed by atoms with Gasteiger partial charge in [-0.3, -0.25) is 0 Å². The van der Waals surface area contributed by atoms with Crippen LogP contribution >= 0.6 is 0 Å². The van der Waals surface area contributed by atoms with Gasteiger partial charge in [-0.05, 0) is 0 Å². The molecular formula is C16H84Fe4O20Si16-8. The molecule has 4 saturated heterocycles. The monoisotopic (exact) mass is 1270 g/mol. The minimum atomic E-state index is -0.653. The van der Waals surface area contributed by atoms with Crippen molar-refractivity contribution >= 4 is 160 Å². The molecule has 4 aliphatic heterocycles. The van der Waals surface area contributed by atoms with E-state index in [0.29, 0.717) is 0 Å². The van der Waals surface area contributed by atoms with E-state index >= 15 is 0 Å². The molecule has 0 aliphatic carbocycles. The van der Waals surface area contributed by atoms with Crippen LogP contribution in [0.1, 0.15) is 5.71 Å². The second kappa shape index (κ2) is 55.9. The molecule has 0 aromatic carbocycles. The Labute approximate surface area is 394 Å². The SMILES string of the molecule is O1[SiH2]O[SiH2]O[SiH2]O[SiH2]1.O1[SiH2]O[SiH2]O[SiH2]O[SiH2]1.O1[SiH2]O[SiH2]O[SiH2]O[SiH2]1.O1[SiH2]O[SiH2]O[SiH2]O[SiH2]1.[CH3][Fe-]([CH3])([CH3])[CH3].[CH3][Fe-]([CH3])([CH3])[CH3].[CH3][Fe-]([CH3])([CH3])[CH3].[CH3][Fe-]([CH3])([CH3])[CH3].[H+].[H+].[H+].[H+].[O-2].[O-2].[O-2].[O-2]. The minimum Gasteiger partial charge on any atom is -2.00 e. The Hall–Kier alpha value is 4.75. The van der Waals surface area contributed by atoms with E-state index in [9.17, 15) is 0 Å². The Balaban J connectivity index is -0.0000000435. The van der Waals surface area contributed by atoms with Crippen molar-refractivity contribution in [2.75, 3.05) is 0 Å². The van der Waals surface area contributed by atoms with Gasteiger partial charge < -0.3 is 87.7 Å². The van der Waals surface area contributed by atoms with Crippen molar-refractivity contribution in [3.05, 3.63) is 0 Å². The molecule has 20 nitrogen and oxygen atoms in total. The molecule has 4 rings (SSSR count). The topological polar surface area (TPSA) is 262 Å². The summed E-state index contributed by atoms with van der Waals surface area (Å²) < 4.78 is 81.6. The van der Waals surface area contributed by atoms with Gasteiger partial charge >= 0.3 is 150 Å². The van der Waals surface area contributed by atoms with Crippen LogP contribution in [0.15, 0.2) is 0 Å². The van der Waals surface area contributed by atoms with Gasteiger partial charge in [0.2, 0.25) is 0 Å². The third-order valence-electron chi connectivity index (χ3n) is 2.67. The van der Waals surface area contributed by atoms with Gasteiger partial charge in [-0.1, -0.05) is 0 Å². The van der Waals surface area contributed by atoms with Crippen LogP contribution in [-0.4, -0.2) is 160 Å². The van der Waals surface area contributed by atoms with Crippen LogP contribution < -0.4 is 0 Å². The molecular weight excluding hydrogens is 1180 g/mol. The van der Waals surface area contributed by atoms with Crippen LogP contribution in [0.4, 0.5) is 0 Å². The molecule has 0 N–H and O–H groups in total. The summed E-state index contributed by atoms with van der Waals surface area (Å²) in [6.45, 7) is 0. The molecule has 0 bridgehead atoms. The molecule has 372 valence electrons. The first-order valence-electron chi connectivity index (χ1n) is 14.9. The average Bonchev–Trinajstić information content (AvgIpc) is 2.84. The zero-order valence-electron chi connectivity index (χ0n) is 40.9. The first-order valence-corrected chi connectivity index (χ1v) is 51.0. The van der Waals surface area contributed by atoms with Gasteiger partial charge in [-0.25, -0.2) is 0 Å². The normalized spacial score (nSPS) is 26.0. The van der Waals surface area contributed by atoms with Crippen molar-refractivity contribution in [3.63, 3.8) is 0 Å². The summed E-state index contributed by atoms with van der Waals surface area (Å²) in [4.78, 5) is 0. The summed E-state index contributed by atoms with van der Waals surface area (Å²) in [5.74, 6) is 37.0. The molecule has 4 fully saturated rings. The largest absolute Gasteiger partial charge is 2.00 e. The molecule has 0 unspecified atom stereocenters. The van der Waals surface area contributed by atoms with Gasteiger partial charge in [0, 0.05) is 0 Å². The standard InChI is InChI=1S/16CH3.4Fe.4H8O4Si4.4O/c;;;;;;;;;;;;;;;;;;;;4*1-5-2-7-4-8-3-6-1;;;;/h16*1H3;;;;;4*5-8H2;;;;/q;;;;;;;;;;;;;;;;4*-1;;;;;4*-2/p+4. The molecule has 4 aliphatic rings. The average molecular weight is 1270 g/mol. The van der Waals surface area contributed by atoms with Crippen molar-refractivity contribution in [3.8, 4) is 0 Å². The van der Waals surface area contributed by atoms with E-state index in [4.69, 9.17) is 65.8 Å². The summed E-state index contributed by atoms with van der Waals surface area (Å²) >= 11 is -2.00. The third-order valence-corrected chi connectivity index (χ3v) is 24.0. The second-order valence-corrected chi connectivity index (χ2v) is 70.0. The molecule has 56 heavy (non-hydrogen) atoms. The van der Waals surface area contributed by atoms with Gasteiger partial charge in [0.25, 0.3) is 160 Å². The number of rotatable bonds is 0. The van der Waals surface area contributed by atoms with E-state index in [1.165, 1.54) is 0 Å². The van der Waals surface area contributed by atoms with Gasteiger partial charge in [-0.2, -0.15) is 0 Å². The zero-order chi connectivity index (χ0) is 40.6. The van der Waals surface area contributed by atoms with Crippen molar-refractivity contribution < 1.29 is 145 Å². The van der Waals surface area contributed by atoms with Gasteiger partial charge in [-0.15, -0.1) is 0 Å². The van der Waals surface area contributed by atoms with Gasteiger partial charge in [0.1, 0.15) is 0 Å². The summed E-state index contributed by atoms with van der Waals surface area (Å²) in [7, 11) is -10.4. The van der Waals surface area contributed by atoms with E-state index in [1.807, 2.05) is 0 Å². The van der Waals surface area contributed by atoms with E-state index in [2.05, 4.69) is 93.2 Å². The summed E-state index contributed by atoms with van der Waals surface area (Å²) in [5, 5.41) is 0. The fourth-order valence-corrected chi connectivity index (χ4v) is 30.4. The molecule has 0 saturated carbocycles. The predicted octanol–water partition coefficient (Wildman–Crippen LogP) is -6.45. The van der Waals surface area contributed by atoms with E-state index in [1.54, 1.807) is 0 Å². The summed E-state index contributed by atoms with van der Waals surface area (Å²) in [5.41, 5.74) is 0. The van der Waals surface area contributed by atoms with Crippen LogP contribution in [0.5, 0.6) is 0 Å². The van der Waals surface area contributed by atoms with Gasteiger partial charge in [0.15, 0.2) is 0 Å². The maximum absolute atomic E-state index is 5.10. The van der Waals surface area contributed by atoms with E-state index in [-0.39, 0.29) is 27.6 Å². The minimum absolute atomic E-state index is 0. The van der Waals surface area contributed by atoms with E-state index in [0.717, 1.165) is 0 Å². The first kappa shape index (κ1) is 77.9. The van der Waals surface area contributed by atoms with Crippen LogP contribution in [0.2, 0.25) is 93.2 Å². The Bertz CT molecular complexity index is 504. The Kier molecular flexibility index (Phi) is 77.8.